The minimum atomic E-state index is 0.265. The van der Waals surface area contributed by atoms with Crippen LogP contribution < -0.4 is 0 Å². The van der Waals surface area contributed by atoms with E-state index in [2.05, 4.69) is 51.8 Å². The van der Waals surface area contributed by atoms with E-state index in [4.69, 9.17) is 0 Å². The van der Waals surface area contributed by atoms with Crippen LogP contribution in [0.15, 0.2) is 24.3 Å². The summed E-state index contributed by atoms with van der Waals surface area (Å²) in [5.41, 5.74) is 1.36. The molecule has 0 amide bonds. The number of hydrogen-bond donors (Lipinski definition) is 1. The molecule has 0 aliphatic heterocycles. The lowest BCUT2D eigenvalue weighted by Gasteiger charge is -2.34. The van der Waals surface area contributed by atoms with Gasteiger partial charge in [0.05, 0.1) is 6.61 Å². The summed E-state index contributed by atoms with van der Waals surface area (Å²) in [6, 6.07) is 9.40. The van der Waals surface area contributed by atoms with Gasteiger partial charge in [0.1, 0.15) is 0 Å². The van der Waals surface area contributed by atoms with Gasteiger partial charge in [-0.2, -0.15) is 0 Å². The molecule has 3 heteroatoms. The fourth-order valence-corrected chi connectivity index (χ4v) is 3.15. The van der Waals surface area contributed by atoms with Crippen molar-refractivity contribution >= 4 is 22.6 Å². The van der Waals surface area contributed by atoms with Gasteiger partial charge in [0.2, 0.25) is 0 Å². The predicted molar refractivity (Wildman–Crippen MR) is 83.5 cm³/mol. The quantitative estimate of drug-likeness (QED) is 0.815. The lowest BCUT2D eigenvalue weighted by atomic mass is 9.94. The summed E-state index contributed by atoms with van der Waals surface area (Å²) < 4.78 is 1.28. The second-order valence-corrected chi connectivity index (χ2v) is 6.36. The Morgan fingerprint density at radius 3 is 2.39 bits per heavy atom. The van der Waals surface area contributed by atoms with Gasteiger partial charge in [-0.05, 0) is 53.1 Å². The molecule has 0 radical (unpaired) electrons. The lowest BCUT2D eigenvalue weighted by molar-refractivity contribution is 0.117. The maximum Gasteiger partial charge on any atom is 0.0558 e. The Kier molecular flexibility index (Phi) is 5.92. The molecule has 0 bridgehead atoms. The Morgan fingerprint density at radius 2 is 1.78 bits per heavy atom. The average molecular weight is 359 g/mol. The second kappa shape index (κ2) is 7.46. The van der Waals surface area contributed by atoms with Gasteiger partial charge >= 0.3 is 0 Å². The highest BCUT2D eigenvalue weighted by molar-refractivity contribution is 14.1. The molecule has 0 unspecified atom stereocenters. The number of nitrogens with zero attached hydrogens (tertiary/aromatic N) is 1. The van der Waals surface area contributed by atoms with Crippen LogP contribution in [0.3, 0.4) is 0 Å². The molecule has 0 heterocycles. The van der Waals surface area contributed by atoms with Crippen molar-refractivity contribution in [2.45, 2.75) is 44.7 Å². The van der Waals surface area contributed by atoms with E-state index in [1.165, 1.54) is 41.2 Å². The average Bonchev–Trinajstić information content (AvgIpc) is 2.42. The Balaban J connectivity index is 1.98. The first-order chi connectivity index (χ1) is 8.79. The summed E-state index contributed by atoms with van der Waals surface area (Å²) in [7, 11) is 0. The molecule has 1 aromatic rings. The normalized spacial score (nSPS) is 17.3. The van der Waals surface area contributed by atoms with Gasteiger partial charge in [-0.3, -0.25) is 4.90 Å². The third-order valence-electron chi connectivity index (χ3n) is 3.78. The summed E-state index contributed by atoms with van der Waals surface area (Å²) >= 11 is 2.34. The van der Waals surface area contributed by atoms with Crippen molar-refractivity contribution < 1.29 is 5.11 Å². The molecule has 1 fully saturated rings. The maximum atomic E-state index is 9.25. The van der Waals surface area contributed by atoms with E-state index in [1.54, 1.807) is 0 Å². The third-order valence-corrected chi connectivity index (χ3v) is 4.50. The smallest absolute Gasteiger partial charge is 0.0558 e. The molecule has 2 rings (SSSR count). The fourth-order valence-electron chi connectivity index (χ4n) is 2.79. The third kappa shape index (κ3) is 4.21. The van der Waals surface area contributed by atoms with Gasteiger partial charge in [0.25, 0.3) is 0 Å². The monoisotopic (exact) mass is 359 g/mol. The molecule has 0 atom stereocenters. The summed E-state index contributed by atoms with van der Waals surface area (Å²) in [6.45, 7) is 2.04. The maximum absolute atomic E-state index is 9.25. The molecule has 0 aromatic heterocycles. The van der Waals surface area contributed by atoms with Crippen LogP contribution in [-0.2, 0) is 6.54 Å². The van der Waals surface area contributed by atoms with Crippen molar-refractivity contribution in [1.29, 1.82) is 0 Å². The van der Waals surface area contributed by atoms with Gasteiger partial charge < -0.3 is 5.11 Å². The van der Waals surface area contributed by atoms with Crippen LogP contribution in [0.25, 0.3) is 0 Å². The van der Waals surface area contributed by atoms with Crippen molar-refractivity contribution in [3.8, 4) is 0 Å². The van der Waals surface area contributed by atoms with Crippen molar-refractivity contribution in [3.05, 3.63) is 33.4 Å². The van der Waals surface area contributed by atoms with Crippen LogP contribution in [0.1, 0.15) is 37.7 Å². The van der Waals surface area contributed by atoms with Crippen LogP contribution in [-0.4, -0.2) is 29.2 Å². The van der Waals surface area contributed by atoms with E-state index in [-0.39, 0.29) is 6.61 Å². The van der Waals surface area contributed by atoms with Gasteiger partial charge in [0, 0.05) is 22.7 Å². The van der Waals surface area contributed by atoms with E-state index in [1.807, 2.05) is 0 Å². The number of hydrogen-bond acceptors (Lipinski definition) is 2. The largest absolute Gasteiger partial charge is 0.395 e. The first-order valence-electron chi connectivity index (χ1n) is 6.89. The highest BCUT2D eigenvalue weighted by atomic mass is 127. The Bertz CT molecular complexity index is 346. The second-order valence-electron chi connectivity index (χ2n) is 5.11. The standard InChI is InChI=1S/C15H22INO/c16-14-8-6-13(7-9-14)12-17(10-11-18)15-4-2-1-3-5-15/h6-9,15,18H,1-5,10-12H2. The van der Waals surface area contributed by atoms with Crippen LogP contribution >= 0.6 is 22.6 Å². The summed E-state index contributed by atoms with van der Waals surface area (Å²) in [6.07, 6.45) is 6.67. The van der Waals surface area contributed by atoms with Gasteiger partial charge in [-0.15, -0.1) is 0 Å². The Morgan fingerprint density at radius 1 is 1.11 bits per heavy atom. The molecule has 1 saturated carbocycles. The van der Waals surface area contributed by atoms with E-state index >= 15 is 0 Å². The van der Waals surface area contributed by atoms with Gasteiger partial charge in [-0.1, -0.05) is 31.4 Å². The molecule has 0 spiro atoms. The molecular weight excluding hydrogens is 337 g/mol. The minimum Gasteiger partial charge on any atom is -0.395 e. The van der Waals surface area contributed by atoms with Crippen LogP contribution in [0.5, 0.6) is 0 Å². The molecule has 100 valence electrons. The van der Waals surface area contributed by atoms with E-state index in [0.717, 1.165) is 13.1 Å². The van der Waals surface area contributed by atoms with Crippen LogP contribution in [0.2, 0.25) is 0 Å². The molecule has 0 saturated heterocycles. The molecule has 1 aromatic carbocycles. The zero-order chi connectivity index (χ0) is 12.8. The molecule has 1 aliphatic rings. The number of rotatable bonds is 5. The highest BCUT2D eigenvalue weighted by Gasteiger charge is 2.20. The zero-order valence-electron chi connectivity index (χ0n) is 10.8. The predicted octanol–water partition coefficient (Wildman–Crippen LogP) is 3.42. The van der Waals surface area contributed by atoms with Crippen LogP contribution in [0.4, 0.5) is 0 Å². The molecular formula is C15H22INO. The molecule has 1 aliphatic carbocycles. The topological polar surface area (TPSA) is 23.5 Å². The van der Waals surface area contributed by atoms with Crippen molar-refractivity contribution in [2.75, 3.05) is 13.2 Å². The Hall–Kier alpha value is -0.130. The summed E-state index contributed by atoms with van der Waals surface area (Å²) in [4.78, 5) is 2.46. The number of aliphatic hydroxyl groups is 1. The van der Waals surface area contributed by atoms with Crippen LogP contribution in [0, 0.1) is 3.57 Å². The van der Waals surface area contributed by atoms with Crippen molar-refractivity contribution in [2.24, 2.45) is 0 Å². The first kappa shape index (κ1) is 14.3. The van der Waals surface area contributed by atoms with E-state index in [0.29, 0.717) is 6.04 Å². The minimum absolute atomic E-state index is 0.265. The number of aliphatic hydroxyl groups excluding tert-OH is 1. The van der Waals surface area contributed by atoms with Gasteiger partial charge in [-0.25, -0.2) is 0 Å². The summed E-state index contributed by atoms with van der Waals surface area (Å²) in [5.74, 6) is 0. The van der Waals surface area contributed by atoms with Crippen molar-refractivity contribution in [1.82, 2.24) is 4.90 Å². The number of halogens is 1. The molecule has 1 N–H and O–H groups in total. The Labute approximate surface area is 124 Å². The first-order valence-corrected chi connectivity index (χ1v) is 7.97. The van der Waals surface area contributed by atoms with Crippen molar-refractivity contribution in [3.63, 3.8) is 0 Å². The zero-order valence-corrected chi connectivity index (χ0v) is 13.0. The molecule has 18 heavy (non-hydrogen) atoms. The van der Waals surface area contributed by atoms with E-state index < -0.39 is 0 Å². The van der Waals surface area contributed by atoms with E-state index in [9.17, 15) is 5.11 Å². The highest BCUT2D eigenvalue weighted by Crippen LogP contribution is 2.24. The van der Waals surface area contributed by atoms with Gasteiger partial charge in [0.15, 0.2) is 0 Å². The fraction of sp³-hybridized carbons (Fsp3) is 0.600. The SMILES string of the molecule is OCCN(Cc1ccc(I)cc1)C1CCCCC1. The number of benzene rings is 1. The lowest BCUT2D eigenvalue weighted by Crippen LogP contribution is -2.38. The summed E-state index contributed by atoms with van der Waals surface area (Å²) in [5, 5.41) is 9.25. The molecule has 2 nitrogen and oxygen atoms in total.